The smallest absolute Gasteiger partial charge is 0.291 e. The van der Waals surface area contributed by atoms with E-state index in [1.165, 1.54) is 10.6 Å². The first-order chi connectivity index (χ1) is 10.4. The maximum absolute atomic E-state index is 12.0. The molecule has 2 heterocycles. The third-order valence-electron chi connectivity index (χ3n) is 3.18. The number of fused-ring (bicyclic) bond motifs is 1. The summed E-state index contributed by atoms with van der Waals surface area (Å²) in [4.78, 5) is 12.0. The quantitative estimate of drug-likeness (QED) is 0.929. The number of carbonyl (C=O) groups is 1. The second-order valence-corrected chi connectivity index (χ2v) is 6.70. The molecule has 1 aliphatic rings. The van der Waals surface area contributed by atoms with E-state index in [2.05, 4.69) is 5.32 Å². The molecule has 8 heteroatoms. The minimum Gasteiger partial charge on any atom is -0.489 e. The number of rotatable bonds is 3. The number of amides is 1. The van der Waals surface area contributed by atoms with E-state index in [-0.39, 0.29) is 18.9 Å². The highest BCUT2D eigenvalue weighted by molar-refractivity contribution is 7.92. The molecule has 2 aromatic rings. The van der Waals surface area contributed by atoms with Crippen molar-refractivity contribution in [1.82, 2.24) is 0 Å². The van der Waals surface area contributed by atoms with Crippen LogP contribution in [-0.2, 0) is 10.0 Å². The Balaban J connectivity index is 1.91. The van der Waals surface area contributed by atoms with Gasteiger partial charge in [-0.05, 0) is 30.3 Å². The Morgan fingerprint density at radius 3 is 2.82 bits per heavy atom. The predicted octanol–water partition coefficient (Wildman–Crippen LogP) is 1.69. The van der Waals surface area contributed by atoms with E-state index in [9.17, 15) is 13.2 Å². The number of nitrogens with zero attached hydrogens (tertiary/aromatic N) is 1. The number of hydrogen-bond acceptors (Lipinski definition) is 5. The van der Waals surface area contributed by atoms with Crippen LogP contribution in [0.3, 0.4) is 0 Å². The van der Waals surface area contributed by atoms with Crippen LogP contribution in [0.15, 0.2) is 41.0 Å². The van der Waals surface area contributed by atoms with Crippen LogP contribution >= 0.6 is 0 Å². The van der Waals surface area contributed by atoms with E-state index in [0.29, 0.717) is 17.1 Å². The van der Waals surface area contributed by atoms with E-state index in [0.717, 1.165) is 6.26 Å². The SMILES string of the molecule is CS(=O)(=O)N1CCOc2ccc(NC(=O)c3ccco3)cc21. The van der Waals surface area contributed by atoms with Crippen molar-refractivity contribution in [2.45, 2.75) is 0 Å². The van der Waals surface area contributed by atoms with Crippen molar-refractivity contribution in [3.05, 3.63) is 42.4 Å². The standard InChI is InChI=1S/C14H14N2O5S/c1-22(18,19)16-6-8-21-12-5-4-10(9-11(12)16)15-14(17)13-3-2-7-20-13/h2-5,7,9H,6,8H2,1H3,(H,15,17). The van der Waals surface area contributed by atoms with E-state index in [1.54, 1.807) is 30.3 Å². The Hall–Kier alpha value is -2.48. The Morgan fingerprint density at radius 2 is 2.14 bits per heavy atom. The van der Waals surface area contributed by atoms with Gasteiger partial charge < -0.3 is 14.5 Å². The number of ether oxygens (including phenoxy) is 1. The summed E-state index contributed by atoms with van der Waals surface area (Å²) in [5.74, 6) is 0.231. The van der Waals surface area contributed by atoms with Gasteiger partial charge in [-0.15, -0.1) is 0 Å². The summed E-state index contributed by atoms with van der Waals surface area (Å²) < 4.78 is 35.4. The Kier molecular flexibility index (Phi) is 3.53. The lowest BCUT2D eigenvalue weighted by molar-refractivity contribution is 0.0996. The fourth-order valence-electron chi connectivity index (χ4n) is 2.22. The minimum atomic E-state index is -3.41. The summed E-state index contributed by atoms with van der Waals surface area (Å²) in [6.45, 7) is 0.527. The lowest BCUT2D eigenvalue weighted by Crippen LogP contribution is -2.37. The van der Waals surface area contributed by atoms with Crippen LogP contribution in [0.4, 0.5) is 11.4 Å². The van der Waals surface area contributed by atoms with Gasteiger partial charge in [-0.3, -0.25) is 9.10 Å². The van der Waals surface area contributed by atoms with Crippen LogP contribution in [0.2, 0.25) is 0 Å². The summed E-state index contributed by atoms with van der Waals surface area (Å²) in [5, 5.41) is 2.66. The molecule has 116 valence electrons. The molecule has 0 atom stereocenters. The molecule has 7 nitrogen and oxygen atoms in total. The van der Waals surface area contributed by atoms with Crippen molar-refractivity contribution in [3.8, 4) is 5.75 Å². The zero-order valence-corrected chi connectivity index (χ0v) is 12.6. The second kappa shape index (κ2) is 5.38. The van der Waals surface area contributed by atoms with Gasteiger partial charge in [0.25, 0.3) is 5.91 Å². The maximum atomic E-state index is 12.0. The monoisotopic (exact) mass is 322 g/mol. The molecular formula is C14H14N2O5S. The maximum Gasteiger partial charge on any atom is 0.291 e. The van der Waals surface area contributed by atoms with Gasteiger partial charge in [0.2, 0.25) is 10.0 Å². The molecule has 0 spiro atoms. The van der Waals surface area contributed by atoms with E-state index in [4.69, 9.17) is 9.15 Å². The number of sulfonamides is 1. The normalized spacial score (nSPS) is 14.1. The zero-order valence-electron chi connectivity index (χ0n) is 11.8. The van der Waals surface area contributed by atoms with Gasteiger partial charge in [-0.2, -0.15) is 0 Å². The third kappa shape index (κ3) is 2.77. The average Bonchev–Trinajstić information content (AvgIpc) is 2.99. The van der Waals surface area contributed by atoms with Crippen LogP contribution in [0.5, 0.6) is 5.75 Å². The van der Waals surface area contributed by atoms with Gasteiger partial charge in [0, 0.05) is 5.69 Å². The van der Waals surface area contributed by atoms with Gasteiger partial charge in [0.1, 0.15) is 12.4 Å². The molecule has 0 radical (unpaired) electrons. The molecule has 0 saturated carbocycles. The lowest BCUT2D eigenvalue weighted by Gasteiger charge is -2.29. The molecule has 1 amide bonds. The molecule has 0 aliphatic carbocycles. The third-order valence-corrected chi connectivity index (χ3v) is 4.36. The molecule has 1 aromatic heterocycles. The van der Waals surface area contributed by atoms with Crippen molar-refractivity contribution in [3.63, 3.8) is 0 Å². The number of benzene rings is 1. The summed E-state index contributed by atoms with van der Waals surface area (Å²) in [6.07, 6.45) is 2.54. The second-order valence-electron chi connectivity index (χ2n) is 4.80. The topological polar surface area (TPSA) is 88.9 Å². The van der Waals surface area contributed by atoms with E-state index >= 15 is 0 Å². The van der Waals surface area contributed by atoms with Gasteiger partial charge in [-0.1, -0.05) is 0 Å². The first kappa shape index (κ1) is 14.5. The molecule has 1 aromatic carbocycles. The number of hydrogen-bond donors (Lipinski definition) is 1. The molecule has 22 heavy (non-hydrogen) atoms. The Morgan fingerprint density at radius 1 is 1.32 bits per heavy atom. The fraction of sp³-hybridized carbons (Fsp3) is 0.214. The number of anilines is 2. The molecular weight excluding hydrogens is 308 g/mol. The highest BCUT2D eigenvalue weighted by Gasteiger charge is 2.25. The van der Waals surface area contributed by atoms with Crippen LogP contribution in [0.25, 0.3) is 0 Å². The van der Waals surface area contributed by atoms with E-state index in [1.807, 2.05) is 0 Å². The number of furan rings is 1. The van der Waals surface area contributed by atoms with Gasteiger partial charge >= 0.3 is 0 Å². The molecule has 0 saturated heterocycles. The van der Waals surface area contributed by atoms with Crippen LogP contribution in [0, 0.1) is 0 Å². The van der Waals surface area contributed by atoms with Crippen LogP contribution in [0.1, 0.15) is 10.6 Å². The first-order valence-corrected chi connectivity index (χ1v) is 8.39. The number of carbonyl (C=O) groups excluding carboxylic acids is 1. The summed E-state index contributed by atoms with van der Waals surface area (Å²) in [6, 6.07) is 7.99. The molecule has 1 aliphatic heterocycles. The van der Waals surface area contributed by atoms with Crippen molar-refractivity contribution in [2.75, 3.05) is 29.0 Å². The minimum absolute atomic E-state index is 0.175. The van der Waals surface area contributed by atoms with Gasteiger partial charge in [0.15, 0.2) is 5.76 Å². The Labute approximate surface area is 127 Å². The highest BCUT2D eigenvalue weighted by Crippen LogP contribution is 2.35. The fourth-order valence-corrected chi connectivity index (χ4v) is 3.12. The largest absolute Gasteiger partial charge is 0.489 e. The number of nitrogens with one attached hydrogen (secondary N) is 1. The van der Waals surface area contributed by atoms with Crippen molar-refractivity contribution in [1.29, 1.82) is 0 Å². The Bertz CT molecular complexity index is 799. The summed E-state index contributed by atoms with van der Waals surface area (Å²) >= 11 is 0. The predicted molar refractivity (Wildman–Crippen MR) is 80.8 cm³/mol. The molecule has 0 bridgehead atoms. The van der Waals surface area contributed by atoms with E-state index < -0.39 is 15.9 Å². The van der Waals surface area contributed by atoms with Crippen LogP contribution < -0.4 is 14.4 Å². The molecule has 1 N–H and O–H groups in total. The van der Waals surface area contributed by atoms with Crippen molar-refractivity contribution >= 4 is 27.3 Å². The average molecular weight is 322 g/mol. The van der Waals surface area contributed by atoms with Gasteiger partial charge in [0.05, 0.1) is 24.8 Å². The first-order valence-electron chi connectivity index (χ1n) is 6.54. The molecule has 3 rings (SSSR count). The molecule has 0 fully saturated rings. The van der Waals surface area contributed by atoms with Crippen molar-refractivity contribution in [2.24, 2.45) is 0 Å². The van der Waals surface area contributed by atoms with Gasteiger partial charge in [-0.25, -0.2) is 8.42 Å². The summed E-state index contributed by atoms with van der Waals surface area (Å²) in [5.41, 5.74) is 0.866. The highest BCUT2D eigenvalue weighted by atomic mass is 32.2. The lowest BCUT2D eigenvalue weighted by atomic mass is 10.2. The zero-order chi connectivity index (χ0) is 15.7. The molecule has 0 unspecified atom stereocenters. The summed E-state index contributed by atoms with van der Waals surface area (Å²) in [7, 11) is -3.41. The van der Waals surface area contributed by atoms with Crippen molar-refractivity contribution < 1.29 is 22.4 Å². The van der Waals surface area contributed by atoms with Crippen LogP contribution in [-0.4, -0.2) is 33.7 Å².